The molecule has 0 bridgehead atoms. The van der Waals surface area contributed by atoms with Gasteiger partial charge in [-0.2, -0.15) is 0 Å². The van der Waals surface area contributed by atoms with E-state index >= 15 is 0 Å². The van der Waals surface area contributed by atoms with Gasteiger partial charge in [0.15, 0.2) is 0 Å². The summed E-state index contributed by atoms with van der Waals surface area (Å²) >= 11 is 8.52. The minimum absolute atomic E-state index is 0.0216. The third-order valence-electron chi connectivity index (χ3n) is 2.29. The van der Waals surface area contributed by atoms with E-state index in [-0.39, 0.29) is 15.3 Å². The van der Waals surface area contributed by atoms with Crippen LogP contribution in [0.5, 0.6) is 0 Å². The normalized spacial score (nSPS) is 10.5. The van der Waals surface area contributed by atoms with E-state index < -0.39 is 27.8 Å². The SMILES string of the molecule is O=[N+]([O-])c1cc(Cl)nc(-c2c(F)ccc(Br)c2F)c1. The molecule has 0 N–H and O–H groups in total. The van der Waals surface area contributed by atoms with Gasteiger partial charge < -0.3 is 0 Å². The zero-order valence-electron chi connectivity index (χ0n) is 9.03. The van der Waals surface area contributed by atoms with E-state index in [4.69, 9.17) is 11.6 Å². The zero-order chi connectivity index (χ0) is 14.2. The maximum atomic E-state index is 13.9. The number of nitrogens with zero attached hydrogens (tertiary/aromatic N) is 2. The number of nitro groups is 1. The van der Waals surface area contributed by atoms with Crippen molar-refractivity contribution in [2.45, 2.75) is 0 Å². The van der Waals surface area contributed by atoms with Crippen molar-refractivity contribution in [2.75, 3.05) is 0 Å². The Morgan fingerprint density at radius 2 is 2.00 bits per heavy atom. The van der Waals surface area contributed by atoms with E-state index in [0.717, 1.165) is 18.2 Å². The minimum atomic E-state index is -0.899. The number of halogens is 4. The Morgan fingerprint density at radius 1 is 1.32 bits per heavy atom. The van der Waals surface area contributed by atoms with Crippen molar-refractivity contribution in [1.82, 2.24) is 4.98 Å². The molecule has 2 aromatic rings. The van der Waals surface area contributed by atoms with Crippen LogP contribution in [0.3, 0.4) is 0 Å². The van der Waals surface area contributed by atoms with Gasteiger partial charge in [-0.25, -0.2) is 13.8 Å². The van der Waals surface area contributed by atoms with Crippen LogP contribution in [0.4, 0.5) is 14.5 Å². The van der Waals surface area contributed by atoms with Gasteiger partial charge in [0.1, 0.15) is 16.8 Å². The summed E-state index contributed by atoms with van der Waals surface area (Å²) in [7, 11) is 0. The highest BCUT2D eigenvalue weighted by Gasteiger charge is 2.19. The lowest BCUT2D eigenvalue weighted by Crippen LogP contribution is -1.96. The highest BCUT2D eigenvalue weighted by molar-refractivity contribution is 9.10. The molecule has 4 nitrogen and oxygen atoms in total. The monoisotopic (exact) mass is 348 g/mol. The van der Waals surface area contributed by atoms with Crippen molar-refractivity contribution in [3.63, 3.8) is 0 Å². The summed E-state index contributed by atoms with van der Waals surface area (Å²) in [5.41, 5.74) is -1.11. The third-order valence-corrected chi connectivity index (χ3v) is 3.10. The molecule has 0 radical (unpaired) electrons. The molecule has 0 atom stereocenters. The topological polar surface area (TPSA) is 56.0 Å². The fraction of sp³-hybridized carbons (Fsp3) is 0. The molecule has 0 unspecified atom stereocenters. The second-order valence-corrected chi connectivity index (χ2v) is 4.75. The largest absolute Gasteiger partial charge is 0.274 e. The van der Waals surface area contributed by atoms with Crippen molar-refractivity contribution in [3.8, 4) is 11.3 Å². The first kappa shape index (κ1) is 13.8. The van der Waals surface area contributed by atoms with Crippen LogP contribution >= 0.6 is 27.5 Å². The van der Waals surface area contributed by atoms with Crippen LogP contribution in [0, 0.1) is 21.7 Å². The van der Waals surface area contributed by atoms with Gasteiger partial charge in [0.05, 0.1) is 26.7 Å². The molecule has 1 aromatic carbocycles. The second kappa shape index (κ2) is 5.18. The predicted molar refractivity (Wildman–Crippen MR) is 69.0 cm³/mol. The summed E-state index contributed by atoms with van der Waals surface area (Å²) in [6, 6.07) is 4.17. The summed E-state index contributed by atoms with van der Waals surface area (Å²) < 4.78 is 27.6. The number of pyridine rings is 1. The van der Waals surface area contributed by atoms with Crippen LogP contribution in [-0.4, -0.2) is 9.91 Å². The number of benzene rings is 1. The van der Waals surface area contributed by atoms with Crippen LogP contribution in [0.1, 0.15) is 0 Å². The van der Waals surface area contributed by atoms with E-state index in [1.54, 1.807) is 0 Å². The van der Waals surface area contributed by atoms with Gasteiger partial charge in [0.25, 0.3) is 5.69 Å². The molecule has 0 saturated heterocycles. The Morgan fingerprint density at radius 3 is 2.63 bits per heavy atom. The second-order valence-electron chi connectivity index (χ2n) is 3.51. The summed E-state index contributed by atoms with van der Waals surface area (Å²) in [6.45, 7) is 0. The molecule has 0 fully saturated rings. The number of hydrogen-bond acceptors (Lipinski definition) is 3. The van der Waals surface area contributed by atoms with Crippen LogP contribution < -0.4 is 0 Å². The van der Waals surface area contributed by atoms with Crippen molar-refractivity contribution in [1.29, 1.82) is 0 Å². The lowest BCUT2D eigenvalue weighted by molar-refractivity contribution is -0.384. The Bertz CT molecular complexity index is 682. The van der Waals surface area contributed by atoms with Gasteiger partial charge in [0, 0.05) is 6.07 Å². The minimum Gasteiger partial charge on any atom is -0.258 e. The third kappa shape index (κ3) is 2.71. The highest BCUT2D eigenvalue weighted by Crippen LogP contribution is 2.32. The molecule has 1 aromatic heterocycles. The molecule has 8 heteroatoms. The molecular formula is C11H4BrClF2N2O2. The van der Waals surface area contributed by atoms with E-state index in [9.17, 15) is 18.9 Å². The molecule has 98 valence electrons. The van der Waals surface area contributed by atoms with Gasteiger partial charge in [0.2, 0.25) is 0 Å². The quantitative estimate of drug-likeness (QED) is 0.350. The zero-order valence-corrected chi connectivity index (χ0v) is 11.4. The standard InChI is InChI=1S/C11H4BrClF2N2O2/c12-6-1-2-7(14)10(11(6)15)8-3-5(17(18)19)4-9(13)16-8/h1-4H. The van der Waals surface area contributed by atoms with Crippen molar-refractivity contribution in [2.24, 2.45) is 0 Å². The maximum absolute atomic E-state index is 13.9. The summed E-state index contributed by atoms with van der Waals surface area (Å²) in [6.07, 6.45) is 0. The molecule has 0 aliphatic heterocycles. The molecule has 0 saturated carbocycles. The molecule has 19 heavy (non-hydrogen) atoms. The first-order valence-corrected chi connectivity index (χ1v) is 6.03. The first-order chi connectivity index (χ1) is 8.90. The Hall–Kier alpha value is -1.60. The van der Waals surface area contributed by atoms with Gasteiger partial charge in [-0.3, -0.25) is 10.1 Å². The Labute approximate surface area is 119 Å². The average Bonchev–Trinajstić information content (AvgIpc) is 2.34. The Balaban J connectivity index is 2.72. The van der Waals surface area contributed by atoms with Crippen LogP contribution in [-0.2, 0) is 0 Å². The van der Waals surface area contributed by atoms with Gasteiger partial charge in [-0.1, -0.05) is 11.6 Å². The van der Waals surface area contributed by atoms with Crippen molar-refractivity contribution in [3.05, 3.63) is 55.6 Å². The predicted octanol–water partition coefficient (Wildman–Crippen LogP) is 4.35. The number of aromatic nitrogens is 1. The average molecular weight is 350 g/mol. The molecule has 1 heterocycles. The van der Waals surface area contributed by atoms with Gasteiger partial charge in [-0.05, 0) is 28.1 Å². The first-order valence-electron chi connectivity index (χ1n) is 4.86. The summed E-state index contributed by atoms with van der Waals surface area (Å²) in [4.78, 5) is 13.7. The van der Waals surface area contributed by atoms with E-state index in [1.807, 2.05) is 0 Å². The van der Waals surface area contributed by atoms with E-state index in [0.29, 0.717) is 0 Å². The highest BCUT2D eigenvalue weighted by atomic mass is 79.9. The van der Waals surface area contributed by atoms with Crippen LogP contribution in [0.15, 0.2) is 28.7 Å². The molecule has 0 aliphatic carbocycles. The number of hydrogen-bond donors (Lipinski definition) is 0. The molecule has 0 aliphatic rings. The maximum Gasteiger partial charge on any atom is 0.274 e. The van der Waals surface area contributed by atoms with E-state index in [1.165, 1.54) is 6.07 Å². The summed E-state index contributed by atoms with van der Waals surface area (Å²) in [5, 5.41) is 10.5. The molecular weight excluding hydrogens is 345 g/mol. The summed E-state index contributed by atoms with van der Waals surface area (Å²) in [5.74, 6) is -1.78. The van der Waals surface area contributed by atoms with Crippen molar-refractivity contribution < 1.29 is 13.7 Å². The smallest absolute Gasteiger partial charge is 0.258 e. The van der Waals surface area contributed by atoms with E-state index in [2.05, 4.69) is 20.9 Å². The molecule has 2 rings (SSSR count). The number of rotatable bonds is 2. The van der Waals surface area contributed by atoms with Gasteiger partial charge >= 0.3 is 0 Å². The van der Waals surface area contributed by atoms with Gasteiger partial charge in [-0.15, -0.1) is 0 Å². The van der Waals surface area contributed by atoms with Crippen LogP contribution in [0.2, 0.25) is 5.15 Å². The van der Waals surface area contributed by atoms with Crippen molar-refractivity contribution >= 4 is 33.2 Å². The fourth-order valence-corrected chi connectivity index (χ4v) is 2.01. The molecule has 0 spiro atoms. The lowest BCUT2D eigenvalue weighted by atomic mass is 10.1. The molecule has 0 amide bonds. The van der Waals surface area contributed by atoms with Crippen LogP contribution in [0.25, 0.3) is 11.3 Å². The lowest BCUT2D eigenvalue weighted by Gasteiger charge is -2.06. The Kier molecular flexibility index (Phi) is 3.77. The fourth-order valence-electron chi connectivity index (χ4n) is 1.48.